The molecule has 0 saturated heterocycles. The molecule has 5 nitrogen and oxygen atoms in total. The van der Waals surface area contributed by atoms with Crippen molar-refractivity contribution < 1.29 is 14.6 Å². The molecule has 1 saturated carbocycles. The van der Waals surface area contributed by atoms with E-state index in [0.29, 0.717) is 11.3 Å². The molecular weight excluding hydrogens is 244 g/mol. The third-order valence-corrected chi connectivity index (χ3v) is 3.48. The van der Waals surface area contributed by atoms with E-state index in [1.54, 1.807) is 18.2 Å². The number of benzene rings is 1. The Hall–Kier alpha value is -1.75. The monoisotopic (exact) mass is 264 g/mol. The first-order valence-electron chi connectivity index (χ1n) is 6.52. The molecule has 2 atom stereocenters. The van der Waals surface area contributed by atoms with Gasteiger partial charge < -0.3 is 20.9 Å². The maximum atomic E-state index is 11.4. The molecule has 0 unspecified atom stereocenters. The van der Waals surface area contributed by atoms with Crippen LogP contribution in [0.15, 0.2) is 18.2 Å². The zero-order valence-corrected chi connectivity index (χ0v) is 11.1. The first-order chi connectivity index (χ1) is 9.10. The van der Waals surface area contributed by atoms with Crippen LogP contribution in [0.2, 0.25) is 0 Å². The van der Waals surface area contributed by atoms with Gasteiger partial charge in [0.2, 0.25) is 0 Å². The van der Waals surface area contributed by atoms with Crippen molar-refractivity contribution >= 4 is 17.3 Å². The van der Waals surface area contributed by atoms with Crippen LogP contribution in [0.25, 0.3) is 0 Å². The first kappa shape index (κ1) is 13.7. The predicted octanol–water partition coefficient (Wildman–Crippen LogP) is 1.77. The topological polar surface area (TPSA) is 84.6 Å². The predicted molar refractivity (Wildman–Crippen MR) is 74.1 cm³/mol. The molecule has 1 aromatic carbocycles. The van der Waals surface area contributed by atoms with Crippen molar-refractivity contribution in [1.82, 2.24) is 0 Å². The fraction of sp³-hybridized carbons (Fsp3) is 0.500. The van der Waals surface area contributed by atoms with E-state index in [0.717, 1.165) is 31.4 Å². The van der Waals surface area contributed by atoms with Gasteiger partial charge in [-0.25, -0.2) is 4.79 Å². The average Bonchev–Trinajstić information content (AvgIpc) is 2.40. The Morgan fingerprint density at radius 3 is 2.89 bits per heavy atom. The van der Waals surface area contributed by atoms with Gasteiger partial charge in [0.25, 0.3) is 0 Å². The number of nitrogens with one attached hydrogen (secondary N) is 1. The molecule has 0 amide bonds. The molecule has 4 N–H and O–H groups in total. The lowest BCUT2D eigenvalue weighted by Crippen LogP contribution is -2.30. The van der Waals surface area contributed by atoms with E-state index in [4.69, 9.17) is 5.73 Å². The van der Waals surface area contributed by atoms with Crippen LogP contribution < -0.4 is 11.1 Å². The van der Waals surface area contributed by atoms with Crippen LogP contribution in [-0.2, 0) is 4.74 Å². The molecule has 5 heteroatoms. The highest BCUT2D eigenvalue weighted by Crippen LogP contribution is 2.26. The minimum absolute atomic E-state index is 0.232. The number of carbonyl (C=O) groups is 1. The van der Waals surface area contributed by atoms with Gasteiger partial charge in [-0.1, -0.05) is 0 Å². The molecule has 0 bridgehead atoms. The van der Waals surface area contributed by atoms with E-state index in [2.05, 4.69) is 10.1 Å². The van der Waals surface area contributed by atoms with Crippen molar-refractivity contribution in [1.29, 1.82) is 0 Å². The van der Waals surface area contributed by atoms with Crippen molar-refractivity contribution in [3.63, 3.8) is 0 Å². The number of hydrogen-bond acceptors (Lipinski definition) is 5. The number of ether oxygens (including phenoxy) is 1. The van der Waals surface area contributed by atoms with E-state index in [1.807, 2.05) is 0 Å². The maximum absolute atomic E-state index is 11.4. The quantitative estimate of drug-likeness (QED) is 0.572. The number of nitrogen functional groups attached to an aromatic ring is 1. The molecule has 0 radical (unpaired) electrons. The number of aliphatic hydroxyl groups excluding tert-OH is 1. The summed E-state index contributed by atoms with van der Waals surface area (Å²) < 4.78 is 4.65. The summed E-state index contributed by atoms with van der Waals surface area (Å²) in [6, 6.07) is 5.30. The summed E-state index contributed by atoms with van der Waals surface area (Å²) in [6.07, 6.45) is 3.41. The van der Waals surface area contributed by atoms with Gasteiger partial charge in [0.1, 0.15) is 0 Å². The van der Waals surface area contributed by atoms with Crippen LogP contribution in [0.4, 0.5) is 11.4 Å². The van der Waals surface area contributed by atoms with Crippen LogP contribution in [0.3, 0.4) is 0 Å². The molecule has 1 fully saturated rings. The zero-order chi connectivity index (χ0) is 13.8. The smallest absolute Gasteiger partial charge is 0.337 e. The number of rotatable bonds is 3. The van der Waals surface area contributed by atoms with Crippen molar-refractivity contribution in [2.24, 2.45) is 0 Å². The highest BCUT2D eigenvalue weighted by atomic mass is 16.5. The molecule has 0 heterocycles. The highest BCUT2D eigenvalue weighted by molar-refractivity contribution is 5.91. The van der Waals surface area contributed by atoms with Gasteiger partial charge in [-0.15, -0.1) is 0 Å². The second-order valence-electron chi connectivity index (χ2n) is 4.96. The maximum Gasteiger partial charge on any atom is 0.337 e. The lowest BCUT2D eigenvalue weighted by atomic mass is 9.93. The number of methoxy groups -OCH3 is 1. The third kappa shape index (κ3) is 3.38. The van der Waals surface area contributed by atoms with Gasteiger partial charge in [0.05, 0.1) is 30.2 Å². The van der Waals surface area contributed by atoms with E-state index in [-0.39, 0.29) is 12.1 Å². The van der Waals surface area contributed by atoms with Crippen molar-refractivity contribution in [2.45, 2.75) is 37.8 Å². The van der Waals surface area contributed by atoms with Crippen LogP contribution in [-0.4, -0.2) is 30.3 Å². The van der Waals surface area contributed by atoms with E-state index >= 15 is 0 Å². The second kappa shape index (κ2) is 5.93. The molecule has 1 aromatic rings. The van der Waals surface area contributed by atoms with E-state index in [9.17, 15) is 9.90 Å². The summed E-state index contributed by atoms with van der Waals surface area (Å²) >= 11 is 0. The van der Waals surface area contributed by atoms with Crippen LogP contribution in [0.1, 0.15) is 36.0 Å². The molecule has 1 aliphatic rings. The molecule has 0 aromatic heterocycles. The summed E-state index contributed by atoms with van der Waals surface area (Å²) in [7, 11) is 1.34. The number of hydrogen-bond donors (Lipinski definition) is 3. The third-order valence-electron chi connectivity index (χ3n) is 3.48. The lowest BCUT2D eigenvalue weighted by Gasteiger charge is -2.28. The fourth-order valence-corrected chi connectivity index (χ4v) is 2.45. The Kier molecular flexibility index (Phi) is 4.27. The minimum Gasteiger partial charge on any atom is -0.465 e. The van der Waals surface area contributed by atoms with E-state index in [1.165, 1.54) is 7.11 Å². The average molecular weight is 264 g/mol. The molecular formula is C14H20N2O3. The summed E-state index contributed by atoms with van der Waals surface area (Å²) in [5.41, 5.74) is 7.69. The minimum atomic E-state index is -0.397. The number of aliphatic hydroxyl groups is 1. The Bertz CT molecular complexity index is 462. The number of carbonyl (C=O) groups excluding carboxylic acids is 1. The fourth-order valence-electron chi connectivity index (χ4n) is 2.45. The molecule has 19 heavy (non-hydrogen) atoms. The Labute approximate surface area is 112 Å². The van der Waals surface area contributed by atoms with Gasteiger partial charge in [-0.3, -0.25) is 0 Å². The van der Waals surface area contributed by atoms with Crippen molar-refractivity contribution in [3.8, 4) is 0 Å². The summed E-state index contributed by atoms with van der Waals surface area (Å²) in [5.74, 6) is -0.397. The van der Waals surface area contributed by atoms with Gasteiger partial charge in [0, 0.05) is 6.04 Å². The number of nitrogens with two attached hydrogens (primary N) is 1. The number of anilines is 2. The Balaban J connectivity index is 2.06. The SMILES string of the molecule is COC(=O)c1ccc(N[C@H]2CCC[C@H](O)C2)c(N)c1. The Morgan fingerprint density at radius 2 is 2.26 bits per heavy atom. The van der Waals surface area contributed by atoms with Gasteiger partial charge in [-0.2, -0.15) is 0 Å². The largest absolute Gasteiger partial charge is 0.465 e. The van der Waals surface area contributed by atoms with Crippen molar-refractivity contribution in [3.05, 3.63) is 23.8 Å². The first-order valence-corrected chi connectivity index (χ1v) is 6.52. The molecule has 1 aliphatic carbocycles. The molecule has 0 aliphatic heterocycles. The lowest BCUT2D eigenvalue weighted by molar-refractivity contribution is 0.0601. The van der Waals surface area contributed by atoms with Gasteiger partial charge in [-0.05, 0) is 43.9 Å². The van der Waals surface area contributed by atoms with Crippen LogP contribution >= 0.6 is 0 Å². The van der Waals surface area contributed by atoms with Gasteiger partial charge in [0.15, 0.2) is 0 Å². The van der Waals surface area contributed by atoms with E-state index < -0.39 is 5.97 Å². The van der Waals surface area contributed by atoms with Crippen LogP contribution in [0, 0.1) is 0 Å². The standard InChI is InChI=1S/C14H20N2O3/c1-19-14(18)9-5-6-13(12(15)7-9)16-10-3-2-4-11(17)8-10/h5-7,10-11,16-17H,2-4,8,15H2,1H3/t10-,11-/m0/s1. The molecule has 2 rings (SSSR count). The van der Waals surface area contributed by atoms with Crippen LogP contribution in [0.5, 0.6) is 0 Å². The molecule has 0 spiro atoms. The Morgan fingerprint density at radius 1 is 1.47 bits per heavy atom. The zero-order valence-electron chi connectivity index (χ0n) is 11.1. The normalized spacial score (nSPS) is 22.8. The summed E-state index contributed by atoms with van der Waals surface area (Å²) in [4.78, 5) is 11.4. The van der Waals surface area contributed by atoms with Gasteiger partial charge >= 0.3 is 5.97 Å². The molecule has 104 valence electrons. The second-order valence-corrected chi connectivity index (χ2v) is 4.96. The number of esters is 1. The summed E-state index contributed by atoms with van der Waals surface area (Å²) in [5, 5.41) is 13.0. The summed E-state index contributed by atoms with van der Waals surface area (Å²) in [6.45, 7) is 0. The van der Waals surface area contributed by atoms with Crippen molar-refractivity contribution in [2.75, 3.05) is 18.2 Å². The highest BCUT2D eigenvalue weighted by Gasteiger charge is 2.20.